The Morgan fingerprint density at radius 1 is 1.36 bits per heavy atom. The van der Waals surface area contributed by atoms with Crippen LogP contribution in [0.25, 0.3) is 0 Å². The summed E-state index contributed by atoms with van der Waals surface area (Å²) < 4.78 is 43.2. The van der Waals surface area contributed by atoms with E-state index in [1.165, 1.54) is 12.1 Å². The van der Waals surface area contributed by atoms with E-state index in [-0.39, 0.29) is 17.6 Å². The molecule has 2 atom stereocenters. The van der Waals surface area contributed by atoms with E-state index in [1.54, 1.807) is 18.0 Å². The van der Waals surface area contributed by atoms with Gasteiger partial charge in [0.05, 0.1) is 11.8 Å². The van der Waals surface area contributed by atoms with Crippen LogP contribution in [0.15, 0.2) is 30.5 Å². The first-order valence-electron chi connectivity index (χ1n) is 7.90. The highest BCUT2D eigenvalue weighted by Crippen LogP contribution is 2.31. The molecule has 0 radical (unpaired) electrons. The third-order valence-corrected chi connectivity index (χ3v) is 4.25. The molecular weight excluding hydrogens is 335 g/mol. The predicted molar refractivity (Wildman–Crippen MR) is 84.0 cm³/mol. The van der Waals surface area contributed by atoms with E-state index in [4.69, 9.17) is 4.74 Å². The van der Waals surface area contributed by atoms with Gasteiger partial charge in [0.1, 0.15) is 5.75 Å². The number of nitrogens with zero attached hydrogens (tertiary/aromatic N) is 2. The van der Waals surface area contributed by atoms with Gasteiger partial charge in [0.15, 0.2) is 6.10 Å². The number of fused-ring (bicyclic) bond motifs is 1. The molecule has 5 nitrogen and oxygen atoms in total. The third kappa shape index (κ3) is 3.62. The molecule has 2 heterocycles. The van der Waals surface area contributed by atoms with Crippen molar-refractivity contribution in [2.24, 2.45) is 0 Å². The minimum absolute atomic E-state index is 0.133. The summed E-state index contributed by atoms with van der Waals surface area (Å²) >= 11 is 0. The lowest BCUT2D eigenvalue weighted by molar-refractivity contribution is -0.139. The first kappa shape index (κ1) is 17.3. The van der Waals surface area contributed by atoms with Crippen LogP contribution < -0.4 is 4.74 Å². The summed E-state index contributed by atoms with van der Waals surface area (Å²) in [5.74, 6) is 0.148. The van der Waals surface area contributed by atoms with E-state index in [9.17, 15) is 18.0 Å². The van der Waals surface area contributed by atoms with Gasteiger partial charge in [-0.2, -0.15) is 18.3 Å². The van der Waals surface area contributed by atoms with E-state index < -0.39 is 17.8 Å². The minimum atomic E-state index is -4.40. The molecule has 25 heavy (non-hydrogen) atoms. The second kappa shape index (κ2) is 6.42. The van der Waals surface area contributed by atoms with Crippen molar-refractivity contribution in [2.75, 3.05) is 6.54 Å². The van der Waals surface area contributed by atoms with E-state index in [0.29, 0.717) is 13.1 Å². The summed E-state index contributed by atoms with van der Waals surface area (Å²) in [5.41, 5.74) is 1.24. The average molecular weight is 353 g/mol. The molecular formula is C17H18F3N3O2. The van der Waals surface area contributed by atoms with Crippen molar-refractivity contribution in [3.8, 4) is 5.75 Å². The lowest BCUT2D eigenvalue weighted by Gasteiger charge is -2.32. The molecule has 3 rings (SSSR count). The highest BCUT2D eigenvalue weighted by atomic mass is 19.4. The topological polar surface area (TPSA) is 58.2 Å². The molecule has 1 aromatic carbocycles. The number of benzene rings is 1. The Morgan fingerprint density at radius 2 is 2.04 bits per heavy atom. The molecule has 0 aliphatic carbocycles. The van der Waals surface area contributed by atoms with Crippen LogP contribution in [0.4, 0.5) is 13.2 Å². The highest BCUT2D eigenvalue weighted by Gasteiger charge is 2.31. The van der Waals surface area contributed by atoms with Gasteiger partial charge in [0, 0.05) is 30.3 Å². The Kier molecular flexibility index (Phi) is 4.45. The summed E-state index contributed by atoms with van der Waals surface area (Å²) in [6, 6.07) is 4.32. The number of H-pyrrole nitrogens is 1. The monoisotopic (exact) mass is 353 g/mol. The molecule has 8 heteroatoms. The van der Waals surface area contributed by atoms with Gasteiger partial charge in [0.2, 0.25) is 0 Å². The fourth-order valence-corrected chi connectivity index (χ4v) is 2.97. The van der Waals surface area contributed by atoms with Crippen LogP contribution in [0, 0.1) is 0 Å². The van der Waals surface area contributed by atoms with Crippen LogP contribution in [0.1, 0.15) is 36.6 Å². The average Bonchev–Trinajstić information content (AvgIpc) is 3.03. The predicted octanol–water partition coefficient (Wildman–Crippen LogP) is 3.34. The van der Waals surface area contributed by atoms with Gasteiger partial charge >= 0.3 is 6.18 Å². The second-order valence-corrected chi connectivity index (χ2v) is 6.21. The van der Waals surface area contributed by atoms with Crippen LogP contribution in [-0.2, 0) is 17.5 Å². The first-order valence-corrected chi connectivity index (χ1v) is 7.90. The van der Waals surface area contributed by atoms with Crippen molar-refractivity contribution in [2.45, 2.75) is 38.6 Å². The van der Waals surface area contributed by atoms with Crippen LogP contribution >= 0.6 is 0 Å². The minimum Gasteiger partial charge on any atom is -0.481 e. The van der Waals surface area contributed by atoms with Crippen molar-refractivity contribution in [1.29, 1.82) is 0 Å². The molecule has 2 aromatic rings. The highest BCUT2D eigenvalue weighted by molar-refractivity contribution is 5.81. The number of aromatic amines is 1. The number of hydrogen-bond acceptors (Lipinski definition) is 3. The third-order valence-electron chi connectivity index (χ3n) is 4.25. The zero-order chi connectivity index (χ0) is 18.2. The Balaban J connectivity index is 1.65. The molecule has 0 bridgehead atoms. The van der Waals surface area contributed by atoms with Gasteiger partial charge in [-0.05, 0) is 31.2 Å². The molecule has 0 saturated heterocycles. The molecule has 0 fully saturated rings. The zero-order valence-corrected chi connectivity index (χ0v) is 13.8. The van der Waals surface area contributed by atoms with Crippen molar-refractivity contribution in [3.05, 3.63) is 47.3 Å². The van der Waals surface area contributed by atoms with Crippen LogP contribution in [0.2, 0.25) is 0 Å². The van der Waals surface area contributed by atoms with Crippen molar-refractivity contribution in [1.82, 2.24) is 15.1 Å². The first-order chi connectivity index (χ1) is 11.8. The van der Waals surface area contributed by atoms with Gasteiger partial charge in [-0.25, -0.2) is 0 Å². The Morgan fingerprint density at radius 3 is 2.68 bits per heavy atom. The largest absolute Gasteiger partial charge is 0.481 e. The lowest BCUT2D eigenvalue weighted by atomic mass is 9.98. The standard InChI is InChI=1S/C17H18F3N3O2/c1-10-8-23(9-12-7-21-22-15(10)12)16(24)11(2)25-14-5-3-13(4-6-14)17(18,19)20/h3-7,10-11H,8-9H2,1-2H3,(H,21,22). The number of halogens is 3. The Hall–Kier alpha value is -2.51. The number of alkyl halides is 3. The normalized spacial score (nSPS) is 18.6. The maximum Gasteiger partial charge on any atom is 0.416 e. The number of carbonyl (C=O) groups excluding carboxylic acids is 1. The Bertz CT molecular complexity index is 755. The van der Waals surface area contributed by atoms with Crippen LogP contribution in [0.3, 0.4) is 0 Å². The number of hydrogen-bond donors (Lipinski definition) is 1. The number of carbonyl (C=O) groups is 1. The van der Waals surface area contributed by atoms with Gasteiger partial charge in [-0.1, -0.05) is 6.92 Å². The number of aromatic nitrogens is 2. The zero-order valence-electron chi connectivity index (χ0n) is 13.8. The number of nitrogens with one attached hydrogen (secondary N) is 1. The maximum atomic E-state index is 12.6. The van der Waals surface area contributed by atoms with E-state index >= 15 is 0 Å². The number of amides is 1. The summed E-state index contributed by atoms with van der Waals surface area (Å²) in [5, 5.41) is 6.94. The summed E-state index contributed by atoms with van der Waals surface area (Å²) in [7, 11) is 0. The van der Waals surface area contributed by atoms with Crippen LogP contribution in [-0.4, -0.2) is 33.7 Å². The second-order valence-electron chi connectivity index (χ2n) is 6.21. The lowest BCUT2D eigenvalue weighted by Crippen LogP contribution is -2.44. The van der Waals surface area contributed by atoms with Crippen LogP contribution in [0.5, 0.6) is 5.75 Å². The molecule has 2 unspecified atom stereocenters. The summed E-state index contributed by atoms with van der Waals surface area (Å²) in [4.78, 5) is 14.3. The van der Waals surface area contributed by atoms with Gasteiger partial charge in [0.25, 0.3) is 5.91 Å². The van der Waals surface area contributed by atoms with Gasteiger partial charge in [-0.3, -0.25) is 9.89 Å². The number of ether oxygens (including phenoxy) is 1. The smallest absolute Gasteiger partial charge is 0.416 e. The molecule has 1 amide bonds. The maximum absolute atomic E-state index is 12.6. The van der Waals surface area contributed by atoms with Crippen molar-refractivity contribution >= 4 is 5.91 Å². The van der Waals surface area contributed by atoms with Crippen molar-refractivity contribution < 1.29 is 22.7 Å². The molecule has 1 aliphatic rings. The SMILES string of the molecule is CC(Oc1ccc(C(F)(F)F)cc1)C(=O)N1Cc2cn[nH]c2C(C)C1. The fraction of sp³-hybridized carbons (Fsp3) is 0.412. The fourth-order valence-electron chi connectivity index (χ4n) is 2.97. The Labute approximate surface area is 142 Å². The van der Waals surface area contributed by atoms with Gasteiger partial charge < -0.3 is 9.64 Å². The molecule has 0 spiro atoms. The molecule has 1 aromatic heterocycles. The quantitative estimate of drug-likeness (QED) is 0.921. The van der Waals surface area contributed by atoms with Crippen molar-refractivity contribution in [3.63, 3.8) is 0 Å². The van der Waals surface area contributed by atoms with E-state index in [0.717, 1.165) is 23.4 Å². The molecule has 134 valence electrons. The molecule has 1 N–H and O–H groups in total. The van der Waals surface area contributed by atoms with Gasteiger partial charge in [-0.15, -0.1) is 0 Å². The molecule has 1 aliphatic heterocycles. The molecule has 0 saturated carbocycles. The number of rotatable bonds is 3. The summed E-state index contributed by atoms with van der Waals surface area (Å²) in [6.45, 7) is 4.57. The van der Waals surface area contributed by atoms with E-state index in [2.05, 4.69) is 10.2 Å². The van der Waals surface area contributed by atoms with E-state index in [1.807, 2.05) is 6.92 Å². The summed E-state index contributed by atoms with van der Waals surface area (Å²) in [6.07, 6.45) is -3.49.